The highest BCUT2D eigenvalue weighted by Crippen LogP contribution is 2.39. The van der Waals surface area contributed by atoms with E-state index in [0.717, 1.165) is 82.6 Å². The number of β-amino-alcohol motifs (C(OH)–C–C–N with tert-alkyl or cyclic N) is 1. The van der Waals surface area contributed by atoms with Gasteiger partial charge in [0.05, 0.1) is 39.7 Å². The Balaban J connectivity index is 1.02. The SMILES string of the molecule is COc1ccc(CN(Cc2ccc(OC)cc2)c2ncc(-c3nc(N4CCOCC4)nc4c3CCN4c3ccc(CCC(=O)N4CCN(CCO)CC4)cc3)cn2)cc1. The summed E-state index contributed by atoms with van der Waals surface area (Å²) in [5.41, 5.74) is 7.16. The molecule has 1 amide bonds. The van der Waals surface area contributed by atoms with Gasteiger partial charge in [-0.1, -0.05) is 36.4 Å². The van der Waals surface area contributed by atoms with Crippen LogP contribution in [0.5, 0.6) is 11.5 Å². The summed E-state index contributed by atoms with van der Waals surface area (Å²) < 4.78 is 16.5. The summed E-state index contributed by atoms with van der Waals surface area (Å²) >= 11 is 0. The minimum absolute atomic E-state index is 0.151. The van der Waals surface area contributed by atoms with Gasteiger partial charge < -0.3 is 38.9 Å². The lowest BCUT2D eigenvalue weighted by Crippen LogP contribution is -2.49. The van der Waals surface area contributed by atoms with Crippen LogP contribution in [0.4, 0.5) is 23.4 Å². The maximum absolute atomic E-state index is 13.0. The number of amides is 1. The van der Waals surface area contributed by atoms with Crippen molar-refractivity contribution in [2.45, 2.75) is 32.4 Å². The first-order valence-electron chi connectivity index (χ1n) is 20.5. The number of aliphatic hydroxyl groups excluding tert-OH is 1. The number of carbonyl (C=O) groups is 1. The topological polar surface area (TPSA) is 133 Å². The van der Waals surface area contributed by atoms with E-state index in [1.807, 2.05) is 41.6 Å². The monoisotopic (exact) mass is 799 g/mol. The molecule has 0 atom stereocenters. The number of aromatic nitrogens is 4. The molecule has 5 heterocycles. The third-order valence-corrected chi connectivity index (χ3v) is 11.4. The summed E-state index contributed by atoms with van der Waals surface area (Å²) in [6, 6.07) is 24.7. The third-order valence-electron chi connectivity index (χ3n) is 11.4. The van der Waals surface area contributed by atoms with E-state index in [-0.39, 0.29) is 12.5 Å². The summed E-state index contributed by atoms with van der Waals surface area (Å²) in [7, 11) is 3.34. The zero-order chi connectivity index (χ0) is 40.6. The van der Waals surface area contributed by atoms with Gasteiger partial charge in [0.25, 0.3) is 0 Å². The Morgan fingerprint density at radius 1 is 0.763 bits per heavy atom. The molecule has 0 aliphatic carbocycles. The first-order valence-corrected chi connectivity index (χ1v) is 20.5. The molecule has 3 aromatic carbocycles. The second kappa shape index (κ2) is 18.8. The zero-order valence-electron chi connectivity index (χ0n) is 34.0. The fourth-order valence-electron chi connectivity index (χ4n) is 7.96. The molecule has 3 aliphatic rings. The zero-order valence-corrected chi connectivity index (χ0v) is 34.0. The Labute approximate surface area is 346 Å². The normalized spacial score (nSPS) is 15.6. The van der Waals surface area contributed by atoms with Gasteiger partial charge in [-0.15, -0.1) is 0 Å². The van der Waals surface area contributed by atoms with Gasteiger partial charge in [-0.3, -0.25) is 9.69 Å². The number of carbonyl (C=O) groups excluding carboxylic acids is 1. The van der Waals surface area contributed by atoms with Gasteiger partial charge in [-0.25, -0.2) is 15.0 Å². The lowest BCUT2D eigenvalue weighted by atomic mass is 10.1. The molecule has 0 unspecified atom stereocenters. The molecule has 3 aliphatic heterocycles. The quantitative estimate of drug-likeness (QED) is 0.156. The van der Waals surface area contributed by atoms with Crippen molar-refractivity contribution in [1.29, 1.82) is 0 Å². The van der Waals surface area contributed by atoms with Crippen molar-refractivity contribution in [3.05, 3.63) is 107 Å². The molecule has 0 saturated carbocycles. The summed E-state index contributed by atoms with van der Waals surface area (Å²) in [6.07, 6.45) is 5.72. The maximum Gasteiger partial charge on any atom is 0.228 e. The number of fused-ring (bicyclic) bond motifs is 1. The number of methoxy groups -OCH3 is 2. The lowest BCUT2D eigenvalue weighted by Gasteiger charge is -2.34. The Hall–Kier alpha value is -5.83. The number of aliphatic hydroxyl groups is 1. The lowest BCUT2D eigenvalue weighted by molar-refractivity contribution is -0.132. The fourth-order valence-corrected chi connectivity index (χ4v) is 7.96. The minimum Gasteiger partial charge on any atom is -0.497 e. The Bertz CT molecular complexity index is 2090. The van der Waals surface area contributed by atoms with E-state index in [1.54, 1.807) is 14.2 Å². The number of aryl methyl sites for hydroxylation is 1. The van der Waals surface area contributed by atoms with Crippen molar-refractivity contribution >= 4 is 29.3 Å². The molecule has 308 valence electrons. The van der Waals surface area contributed by atoms with Crippen molar-refractivity contribution in [3.63, 3.8) is 0 Å². The van der Waals surface area contributed by atoms with E-state index in [0.29, 0.717) is 83.8 Å². The Morgan fingerprint density at radius 2 is 1.37 bits per heavy atom. The smallest absolute Gasteiger partial charge is 0.228 e. The number of benzene rings is 3. The number of hydrogen-bond acceptors (Lipinski definition) is 13. The van der Waals surface area contributed by atoms with E-state index in [1.165, 1.54) is 0 Å². The molecule has 59 heavy (non-hydrogen) atoms. The van der Waals surface area contributed by atoms with E-state index in [2.05, 4.69) is 68.1 Å². The summed E-state index contributed by atoms with van der Waals surface area (Å²) in [4.78, 5) is 44.1. The molecule has 14 heteroatoms. The molecular weight excluding hydrogens is 747 g/mol. The van der Waals surface area contributed by atoms with E-state index in [4.69, 9.17) is 34.1 Å². The van der Waals surface area contributed by atoms with Crippen LogP contribution in [-0.4, -0.2) is 127 Å². The number of rotatable bonds is 15. The molecule has 8 rings (SSSR count). The Morgan fingerprint density at radius 3 is 1.97 bits per heavy atom. The average molecular weight is 800 g/mol. The molecule has 2 fully saturated rings. The van der Waals surface area contributed by atoms with Gasteiger partial charge >= 0.3 is 0 Å². The van der Waals surface area contributed by atoms with Crippen molar-refractivity contribution in [2.75, 3.05) is 101 Å². The standard InChI is InChI=1S/C45H53N9O5/c1-57-38-12-5-34(6-13-38)31-53(32-35-7-14-39(58-2)15-8-35)44-46-29-36(30-47-44)42-40-17-18-54(43(40)49-45(48-42)52-24-27-59-28-25-52)37-10-3-33(4-11-37)9-16-41(56)51-21-19-50(20-22-51)23-26-55/h3-8,10-15,29-30,55H,9,16-28,31-32H2,1-2H3. The van der Waals surface area contributed by atoms with E-state index >= 15 is 0 Å². The molecule has 2 aromatic heterocycles. The van der Waals surface area contributed by atoms with Gasteiger partial charge in [0.2, 0.25) is 17.8 Å². The predicted molar refractivity (Wildman–Crippen MR) is 228 cm³/mol. The predicted octanol–water partition coefficient (Wildman–Crippen LogP) is 4.76. The molecule has 0 radical (unpaired) electrons. The fraction of sp³-hybridized carbons (Fsp3) is 0.400. The Kier molecular flexibility index (Phi) is 12.8. The van der Waals surface area contributed by atoms with Crippen LogP contribution in [0.1, 0.15) is 28.7 Å². The van der Waals surface area contributed by atoms with Gasteiger partial charge in [0.15, 0.2) is 0 Å². The van der Waals surface area contributed by atoms with E-state index < -0.39 is 0 Å². The number of piperazine rings is 1. The van der Waals surface area contributed by atoms with E-state index in [9.17, 15) is 9.90 Å². The number of nitrogens with zero attached hydrogens (tertiary/aromatic N) is 9. The molecule has 5 aromatic rings. The van der Waals surface area contributed by atoms with Crippen LogP contribution in [0.3, 0.4) is 0 Å². The van der Waals surface area contributed by atoms with Crippen molar-refractivity contribution in [2.24, 2.45) is 0 Å². The number of anilines is 4. The summed E-state index contributed by atoms with van der Waals surface area (Å²) in [5, 5.41) is 9.23. The molecule has 1 N–H and O–H groups in total. The number of ether oxygens (including phenoxy) is 3. The first kappa shape index (κ1) is 40.0. The summed E-state index contributed by atoms with van der Waals surface area (Å²) in [6.45, 7) is 8.51. The second-order valence-corrected chi connectivity index (χ2v) is 15.1. The minimum atomic E-state index is 0.151. The molecule has 2 saturated heterocycles. The van der Waals surface area contributed by atoms with Crippen molar-refractivity contribution in [1.82, 2.24) is 29.7 Å². The largest absolute Gasteiger partial charge is 0.497 e. The van der Waals surface area contributed by atoms with Gasteiger partial charge in [-0.05, 0) is 65.9 Å². The molecule has 14 nitrogen and oxygen atoms in total. The van der Waals surface area contributed by atoms with Crippen LogP contribution in [0.2, 0.25) is 0 Å². The van der Waals surface area contributed by atoms with Crippen molar-refractivity contribution in [3.8, 4) is 22.8 Å². The number of hydrogen-bond donors (Lipinski definition) is 1. The van der Waals surface area contributed by atoms with Crippen LogP contribution in [-0.2, 0) is 35.5 Å². The second-order valence-electron chi connectivity index (χ2n) is 15.1. The van der Waals surface area contributed by atoms with Crippen molar-refractivity contribution < 1.29 is 24.1 Å². The van der Waals surface area contributed by atoms with Gasteiger partial charge in [0, 0.05) is 101 Å². The average Bonchev–Trinajstić information content (AvgIpc) is 3.73. The summed E-state index contributed by atoms with van der Waals surface area (Å²) in [5.74, 6) is 3.99. The highest BCUT2D eigenvalue weighted by atomic mass is 16.5. The number of morpholine rings is 1. The highest BCUT2D eigenvalue weighted by molar-refractivity contribution is 5.78. The molecule has 0 spiro atoms. The van der Waals surface area contributed by atoms with Crippen LogP contribution in [0.25, 0.3) is 11.3 Å². The molecule has 0 bridgehead atoms. The van der Waals surface area contributed by atoms with Gasteiger partial charge in [0.1, 0.15) is 17.3 Å². The molecular formula is C45H53N9O5. The van der Waals surface area contributed by atoms with Crippen LogP contribution in [0, 0.1) is 0 Å². The van der Waals surface area contributed by atoms with Gasteiger partial charge in [-0.2, -0.15) is 4.98 Å². The third kappa shape index (κ3) is 9.56. The van der Waals surface area contributed by atoms with Crippen LogP contribution >= 0.6 is 0 Å². The maximum atomic E-state index is 13.0. The highest BCUT2D eigenvalue weighted by Gasteiger charge is 2.30. The first-order chi connectivity index (χ1) is 29.0. The van der Waals surface area contributed by atoms with Crippen LogP contribution in [0.15, 0.2) is 85.2 Å². The van der Waals surface area contributed by atoms with Crippen LogP contribution < -0.4 is 24.2 Å².